The third kappa shape index (κ3) is 4.52. The number of hydrogen-bond donors (Lipinski definition) is 1. The van der Waals surface area contributed by atoms with Gasteiger partial charge in [-0.15, -0.1) is 0 Å². The van der Waals surface area contributed by atoms with Crippen molar-refractivity contribution in [1.82, 2.24) is 0 Å². The summed E-state index contributed by atoms with van der Waals surface area (Å²) in [5, 5.41) is 9.61. The molecular weight excluding hydrogens is 302 g/mol. The fourth-order valence-corrected chi connectivity index (χ4v) is 1.79. The lowest BCUT2D eigenvalue weighted by atomic mass is 9.94. The Hall–Kier alpha value is -1.44. The molecule has 0 aliphatic heterocycles. The zero-order valence-corrected chi connectivity index (χ0v) is 11.0. The van der Waals surface area contributed by atoms with E-state index in [0.717, 1.165) is 6.07 Å². The largest absolute Gasteiger partial charge is 0.493 e. The molecule has 0 amide bonds. The molecule has 21 heavy (non-hydrogen) atoms. The van der Waals surface area contributed by atoms with Gasteiger partial charge in [0.25, 0.3) is 0 Å². The predicted octanol–water partition coefficient (Wildman–Crippen LogP) is 4.25. The standard InChI is InChI=1S/C13H14F6O2/c1-2-7-21-9-6-4-3-5-8(9)10(20)11(12(14,15)16)13(17,18)19/h3-6,10-11,20H,2,7H2,1H3. The Kier molecular flexibility index (Phi) is 5.49. The van der Waals surface area contributed by atoms with Gasteiger partial charge in [0.05, 0.1) is 6.61 Å². The van der Waals surface area contributed by atoms with Gasteiger partial charge in [0.2, 0.25) is 0 Å². The topological polar surface area (TPSA) is 29.5 Å². The van der Waals surface area contributed by atoms with Gasteiger partial charge in [-0.25, -0.2) is 0 Å². The van der Waals surface area contributed by atoms with Crippen LogP contribution in [0.25, 0.3) is 0 Å². The molecule has 1 N–H and O–H groups in total. The molecule has 1 unspecified atom stereocenters. The number of hydrogen-bond acceptors (Lipinski definition) is 2. The highest BCUT2D eigenvalue weighted by atomic mass is 19.4. The third-order valence-corrected chi connectivity index (χ3v) is 2.72. The molecular formula is C13H14F6O2. The van der Waals surface area contributed by atoms with Crippen LogP contribution >= 0.6 is 0 Å². The van der Waals surface area contributed by atoms with Crippen LogP contribution in [0.3, 0.4) is 0 Å². The number of para-hydroxylation sites is 1. The van der Waals surface area contributed by atoms with Crippen molar-refractivity contribution in [3.05, 3.63) is 29.8 Å². The van der Waals surface area contributed by atoms with Crippen LogP contribution in [0, 0.1) is 5.92 Å². The van der Waals surface area contributed by atoms with Crippen LogP contribution in [0.1, 0.15) is 25.0 Å². The molecule has 0 saturated heterocycles. The van der Waals surface area contributed by atoms with Crippen molar-refractivity contribution in [2.75, 3.05) is 6.61 Å². The molecule has 8 heteroatoms. The highest BCUT2D eigenvalue weighted by molar-refractivity contribution is 5.35. The summed E-state index contributed by atoms with van der Waals surface area (Å²) in [6, 6.07) is 4.84. The quantitative estimate of drug-likeness (QED) is 0.823. The van der Waals surface area contributed by atoms with Gasteiger partial charge in [-0.3, -0.25) is 0 Å². The van der Waals surface area contributed by atoms with Crippen LogP contribution in [0.2, 0.25) is 0 Å². The molecule has 0 aromatic heterocycles. The Bertz CT molecular complexity index is 441. The van der Waals surface area contributed by atoms with Crippen LogP contribution in [-0.4, -0.2) is 24.1 Å². The first kappa shape index (κ1) is 17.6. The normalized spacial score (nSPS) is 14.3. The molecule has 0 radical (unpaired) electrons. The third-order valence-electron chi connectivity index (χ3n) is 2.72. The maximum absolute atomic E-state index is 12.6. The van der Waals surface area contributed by atoms with Crippen LogP contribution in [0.4, 0.5) is 26.3 Å². The smallest absolute Gasteiger partial charge is 0.403 e. The highest BCUT2D eigenvalue weighted by Gasteiger charge is 2.60. The first-order valence-corrected chi connectivity index (χ1v) is 6.12. The summed E-state index contributed by atoms with van der Waals surface area (Å²) >= 11 is 0. The number of aliphatic hydroxyl groups excluding tert-OH is 1. The van der Waals surface area contributed by atoms with Gasteiger partial charge in [-0.1, -0.05) is 25.1 Å². The molecule has 1 aromatic rings. The second-order valence-corrected chi connectivity index (χ2v) is 4.39. The number of rotatable bonds is 5. The molecule has 0 fully saturated rings. The molecule has 0 saturated carbocycles. The van der Waals surface area contributed by atoms with Crippen molar-refractivity contribution in [3.8, 4) is 5.75 Å². The molecule has 0 spiro atoms. The van der Waals surface area contributed by atoms with Gasteiger partial charge in [0.1, 0.15) is 11.9 Å². The molecule has 0 heterocycles. The van der Waals surface area contributed by atoms with Gasteiger partial charge < -0.3 is 9.84 Å². The molecule has 1 atom stereocenters. The monoisotopic (exact) mass is 316 g/mol. The van der Waals surface area contributed by atoms with Crippen LogP contribution in [-0.2, 0) is 0 Å². The second kappa shape index (κ2) is 6.55. The fraction of sp³-hybridized carbons (Fsp3) is 0.538. The SMILES string of the molecule is CCCOc1ccccc1C(O)C(C(F)(F)F)C(F)(F)F. The molecule has 1 rings (SSSR count). The van der Waals surface area contributed by atoms with Crippen LogP contribution < -0.4 is 4.74 Å². The molecule has 2 nitrogen and oxygen atoms in total. The van der Waals surface area contributed by atoms with Crippen molar-refractivity contribution >= 4 is 0 Å². The minimum Gasteiger partial charge on any atom is -0.493 e. The van der Waals surface area contributed by atoms with Gasteiger partial charge in [-0.05, 0) is 12.5 Å². The Morgan fingerprint density at radius 3 is 2.05 bits per heavy atom. The van der Waals surface area contributed by atoms with Crippen LogP contribution in [0.5, 0.6) is 5.75 Å². The van der Waals surface area contributed by atoms with Gasteiger partial charge in [0.15, 0.2) is 5.92 Å². The summed E-state index contributed by atoms with van der Waals surface area (Å²) in [5.74, 6) is -4.05. The van der Waals surface area contributed by atoms with E-state index < -0.39 is 29.9 Å². The second-order valence-electron chi connectivity index (χ2n) is 4.39. The zero-order chi connectivity index (χ0) is 16.3. The van der Waals surface area contributed by atoms with Gasteiger partial charge >= 0.3 is 12.4 Å². The molecule has 120 valence electrons. The molecule has 0 bridgehead atoms. The summed E-state index contributed by atoms with van der Waals surface area (Å²) in [6.45, 7) is 1.85. The zero-order valence-electron chi connectivity index (χ0n) is 11.0. The number of aliphatic hydroxyl groups is 1. The summed E-state index contributed by atoms with van der Waals surface area (Å²) < 4.78 is 80.8. The summed E-state index contributed by atoms with van der Waals surface area (Å²) in [4.78, 5) is 0. The first-order valence-electron chi connectivity index (χ1n) is 6.12. The Morgan fingerprint density at radius 2 is 1.57 bits per heavy atom. The number of alkyl halides is 6. The minimum atomic E-state index is -5.62. The molecule has 0 aliphatic carbocycles. The van der Waals surface area contributed by atoms with E-state index in [1.807, 2.05) is 0 Å². The highest BCUT2D eigenvalue weighted by Crippen LogP contribution is 2.47. The van der Waals surface area contributed by atoms with E-state index in [-0.39, 0.29) is 12.4 Å². The van der Waals surface area contributed by atoms with Gasteiger partial charge in [0, 0.05) is 5.56 Å². The first-order chi connectivity index (χ1) is 9.59. The Balaban J connectivity index is 3.18. The minimum absolute atomic E-state index is 0.117. The average molecular weight is 316 g/mol. The lowest BCUT2D eigenvalue weighted by molar-refractivity contribution is -0.307. The average Bonchev–Trinajstić information content (AvgIpc) is 2.33. The number of ether oxygens (including phenoxy) is 1. The fourth-order valence-electron chi connectivity index (χ4n) is 1.79. The van der Waals surface area contributed by atoms with E-state index in [9.17, 15) is 31.4 Å². The predicted molar refractivity (Wildman–Crippen MR) is 62.8 cm³/mol. The van der Waals surface area contributed by atoms with E-state index >= 15 is 0 Å². The summed E-state index contributed by atoms with van der Waals surface area (Å²) in [5.41, 5.74) is -0.536. The number of halogens is 6. The van der Waals surface area contributed by atoms with Crippen molar-refractivity contribution in [3.63, 3.8) is 0 Å². The van der Waals surface area contributed by atoms with E-state index in [4.69, 9.17) is 4.74 Å². The maximum atomic E-state index is 12.6. The van der Waals surface area contributed by atoms with E-state index in [1.54, 1.807) is 6.92 Å². The molecule has 1 aromatic carbocycles. The Labute approximate surface area is 117 Å². The lowest BCUT2D eigenvalue weighted by Crippen LogP contribution is -2.41. The maximum Gasteiger partial charge on any atom is 0.403 e. The van der Waals surface area contributed by atoms with E-state index in [1.165, 1.54) is 18.2 Å². The Morgan fingerprint density at radius 1 is 1.05 bits per heavy atom. The lowest BCUT2D eigenvalue weighted by Gasteiger charge is -2.28. The van der Waals surface area contributed by atoms with Crippen molar-refractivity contribution in [2.45, 2.75) is 31.8 Å². The van der Waals surface area contributed by atoms with Crippen molar-refractivity contribution in [2.24, 2.45) is 5.92 Å². The number of benzene rings is 1. The van der Waals surface area contributed by atoms with Gasteiger partial charge in [-0.2, -0.15) is 26.3 Å². The van der Waals surface area contributed by atoms with Crippen molar-refractivity contribution in [1.29, 1.82) is 0 Å². The summed E-state index contributed by atoms with van der Waals surface area (Å²) in [6.07, 6.45) is -13.5. The van der Waals surface area contributed by atoms with E-state index in [2.05, 4.69) is 0 Å². The molecule has 0 aliphatic rings. The van der Waals surface area contributed by atoms with E-state index in [0.29, 0.717) is 6.42 Å². The van der Waals surface area contributed by atoms with Crippen LogP contribution in [0.15, 0.2) is 24.3 Å². The summed E-state index contributed by atoms with van der Waals surface area (Å²) in [7, 11) is 0. The van der Waals surface area contributed by atoms with Crippen molar-refractivity contribution < 1.29 is 36.2 Å².